The minimum absolute atomic E-state index is 0.131. The van der Waals surface area contributed by atoms with Crippen LogP contribution in [-0.4, -0.2) is 59.6 Å². The van der Waals surface area contributed by atoms with Gasteiger partial charge in [-0.2, -0.15) is 0 Å². The predicted octanol–water partition coefficient (Wildman–Crippen LogP) is 1.65. The van der Waals surface area contributed by atoms with E-state index in [0.717, 1.165) is 4.90 Å². The summed E-state index contributed by atoms with van der Waals surface area (Å²) in [6.07, 6.45) is 0. The summed E-state index contributed by atoms with van der Waals surface area (Å²) in [6.45, 7) is 6.72. The molecular formula is C19H25N3O5S. The third-order valence-electron chi connectivity index (χ3n) is 3.79. The van der Waals surface area contributed by atoms with Gasteiger partial charge in [-0.25, -0.2) is 4.79 Å². The van der Waals surface area contributed by atoms with Crippen LogP contribution in [0.2, 0.25) is 0 Å². The monoisotopic (exact) mass is 407 g/mol. The van der Waals surface area contributed by atoms with Crippen LogP contribution in [0.1, 0.15) is 38.1 Å². The van der Waals surface area contributed by atoms with E-state index < -0.39 is 24.0 Å². The molecule has 0 saturated heterocycles. The van der Waals surface area contributed by atoms with Crippen LogP contribution in [0.5, 0.6) is 0 Å². The number of ether oxygens (including phenoxy) is 1. The average Bonchev–Trinajstić information content (AvgIpc) is 2.58. The molecule has 2 rings (SSSR count). The van der Waals surface area contributed by atoms with Crippen molar-refractivity contribution >= 4 is 41.1 Å². The second-order valence-electron chi connectivity index (χ2n) is 7.58. The van der Waals surface area contributed by atoms with Crippen LogP contribution < -0.4 is 10.6 Å². The standard InChI is InChI=1S/C19H25N3O5S/c1-11-17(25)20-13-8-12(6-7-14(13)28-11)18(26)27-10-16(24)22(5)9-15(23)21-19(2,3)4/h6-8,11H,9-10H2,1-5H3,(H,20,25)(H,21,23). The van der Waals surface area contributed by atoms with Gasteiger partial charge >= 0.3 is 5.97 Å². The lowest BCUT2D eigenvalue weighted by Gasteiger charge is -2.23. The van der Waals surface area contributed by atoms with E-state index in [1.807, 2.05) is 20.8 Å². The van der Waals surface area contributed by atoms with Gasteiger partial charge in [0.1, 0.15) is 0 Å². The van der Waals surface area contributed by atoms with E-state index in [4.69, 9.17) is 4.74 Å². The number of likely N-dealkylation sites (N-methyl/N-ethyl adjacent to an activating group) is 1. The molecule has 152 valence electrons. The molecule has 1 aliphatic heterocycles. The Morgan fingerprint density at radius 1 is 1.29 bits per heavy atom. The maximum Gasteiger partial charge on any atom is 0.338 e. The topological polar surface area (TPSA) is 105 Å². The number of esters is 1. The zero-order valence-electron chi connectivity index (χ0n) is 16.6. The second kappa shape index (κ2) is 8.64. The molecule has 1 heterocycles. The lowest BCUT2D eigenvalue weighted by atomic mass is 10.1. The fourth-order valence-electron chi connectivity index (χ4n) is 2.42. The number of hydrogen-bond donors (Lipinski definition) is 2. The van der Waals surface area contributed by atoms with E-state index in [9.17, 15) is 19.2 Å². The molecule has 2 N–H and O–H groups in total. The molecule has 0 fully saturated rings. The Bertz CT molecular complexity index is 803. The number of fused-ring (bicyclic) bond motifs is 1. The van der Waals surface area contributed by atoms with Crippen molar-refractivity contribution in [3.63, 3.8) is 0 Å². The van der Waals surface area contributed by atoms with E-state index >= 15 is 0 Å². The van der Waals surface area contributed by atoms with Gasteiger partial charge in [0.15, 0.2) is 6.61 Å². The third-order valence-corrected chi connectivity index (χ3v) is 4.97. The van der Waals surface area contributed by atoms with Crippen LogP contribution in [0.25, 0.3) is 0 Å². The van der Waals surface area contributed by atoms with E-state index in [0.29, 0.717) is 5.69 Å². The van der Waals surface area contributed by atoms with Crippen LogP contribution in [0.3, 0.4) is 0 Å². The highest BCUT2D eigenvalue weighted by molar-refractivity contribution is 8.00. The van der Waals surface area contributed by atoms with Gasteiger partial charge < -0.3 is 20.3 Å². The molecule has 1 unspecified atom stereocenters. The molecule has 3 amide bonds. The van der Waals surface area contributed by atoms with Gasteiger partial charge in [-0.3, -0.25) is 14.4 Å². The van der Waals surface area contributed by atoms with Crippen molar-refractivity contribution in [2.45, 2.75) is 43.4 Å². The summed E-state index contributed by atoms with van der Waals surface area (Å²) in [5.41, 5.74) is 0.380. The Labute approximate surface area is 168 Å². The zero-order valence-corrected chi connectivity index (χ0v) is 17.4. The maximum atomic E-state index is 12.2. The van der Waals surface area contributed by atoms with Crippen LogP contribution in [0.15, 0.2) is 23.1 Å². The van der Waals surface area contributed by atoms with Crippen molar-refractivity contribution in [2.75, 3.05) is 25.5 Å². The molecule has 1 atom stereocenters. The summed E-state index contributed by atoms with van der Waals surface area (Å²) < 4.78 is 5.05. The number of amides is 3. The molecule has 1 aliphatic rings. The fourth-order valence-corrected chi connectivity index (χ4v) is 3.35. The Morgan fingerprint density at radius 2 is 1.96 bits per heavy atom. The third kappa shape index (κ3) is 5.98. The molecule has 28 heavy (non-hydrogen) atoms. The first-order valence-corrected chi connectivity index (χ1v) is 9.68. The van der Waals surface area contributed by atoms with Crippen molar-refractivity contribution in [1.82, 2.24) is 10.2 Å². The van der Waals surface area contributed by atoms with Crippen LogP contribution >= 0.6 is 11.8 Å². The number of nitrogens with zero attached hydrogens (tertiary/aromatic N) is 1. The first kappa shape index (κ1) is 21.7. The van der Waals surface area contributed by atoms with E-state index in [-0.39, 0.29) is 29.2 Å². The highest BCUT2D eigenvalue weighted by atomic mass is 32.2. The van der Waals surface area contributed by atoms with Crippen molar-refractivity contribution < 1.29 is 23.9 Å². The lowest BCUT2D eigenvalue weighted by Crippen LogP contribution is -2.46. The van der Waals surface area contributed by atoms with Crippen LogP contribution in [0, 0.1) is 0 Å². The Balaban J connectivity index is 1.90. The van der Waals surface area contributed by atoms with Crippen molar-refractivity contribution in [1.29, 1.82) is 0 Å². The summed E-state index contributed by atoms with van der Waals surface area (Å²) in [5.74, 6) is -1.60. The highest BCUT2D eigenvalue weighted by Gasteiger charge is 2.24. The van der Waals surface area contributed by atoms with Gasteiger partial charge in [-0.05, 0) is 45.9 Å². The summed E-state index contributed by atoms with van der Waals surface area (Å²) >= 11 is 1.41. The number of carbonyl (C=O) groups excluding carboxylic acids is 4. The first-order valence-electron chi connectivity index (χ1n) is 8.80. The summed E-state index contributed by atoms with van der Waals surface area (Å²) in [6, 6.07) is 4.85. The molecule has 0 bridgehead atoms. The fraction of sp³-hybridized carbons (Fsp3) is 0.474. The molecule has 1 aromatic rings. The minimum Gasteiger partial charge on any atom is -0.452 e. The Morgan fingerprint density at radius 3 is 2.61 bits per heavy atom. The van der Waals surface area contributed by atoms with E-state index in [1.54, 1.807) is 19.1 Å². The molecule has 1 aromatic carbocycles. The number of nitrogens with one attached hydrogen (secondary N) is 2. The number of hydrogen-bond acceptors (Lipinski definition) is 6. The molecule has 0 aliphatic carbocycles. The predicted molar refractivity (Wildman–Crippen MR) is 106 cm³/mol. The molecule has 8 nitrogen and oxygen atoms in total. The number of anilines is 1. The van der Waals surface area contributed by atoms with E-state index in [1.165, 1.54) is 29.8 Å². The summed E-state index contributed by atoms with van der Waals surface area (Å²) in [5, 5.41) is 5.30. The maximum absolute atomic E-state index is 12.2. The number of benzene rings is 1. The lowest BCUT2D eigenvalue weighted by molar-refractivity contribution is -0.137. The van der Waals surface area contributed by atoms with Crippen molar-refractivity contribution in [2.24, 2.45) is 0 Å². The van der Waals surface area contributed by atoms with E-state index in [2.05, 4.69) is 10.6 Å². The van der Waals surface area contributed by atoms with Gasteiger partial charge in [-0.1, -0.05) is 0 Å². The first-order chi connectivity index (χ1) is 13.0. The Hall–Kier alpha value is -2.55. The largest absolute Gasteiger partial charge is 0.452 e. The van der Waals surface area contributed by atoms with Gasteiger partial charge in [-0.15, -0.1) is 11.8 Å². The second-order valence-corrected chi connectivity index (χ2v) is 8.97. The molecular weight excluding hydrogens is 382 g/mol. The van der Waals surface area contributed by atoms with Gasteiger partial charge in [0, 0.05) is 17.5 Å². The molecule has 0 aromatic heterocycles. The summed E-state index contributed by atoms with van der Waals surface area (Å²) in [4.78, 5) is 50.0. The average molecular weight is 407 g/mol. The normalized spacial score (nSPS) is 15.9. The van der Waals surface area contributed by atoms with Crippen molar-refractivity contribution in [3.8, 4) is 0 Å². The smallest absolute Gasteiger partial charge is 0.338 e. The van der Waals surface area contributed by atoms with Crippen molar-refractivity contribution in [3.05, 3.63) is 23.8 Å². The SMILES string of the molecule is CC1Sc2ccc(C(=O)OCC(=O)N(C)CC(=O)NC(C)(C)C)cc2NC1=O. The van der Waals surface area contributed by atoms with Crippen LogP contribution in [0.4, 0.5) is 5.69 Å². The highest BCUT2D eigenvalue weighted by Crippen LogP contribution is 2.35. The van der Waals surface area contributed by atoms with Gasteiger partial charge in [0.05, 0.1) is 23.0 Å². The molecule has 0 radical (unpaired) electrons. The molecule has 0 spiro atoms. The van der Waals surface area contributed by atoms with Gasteiger partial charge in [0.2, 0.25) is 11.8 Å². The Kier molecular flexibility index (Phi) is 6.71. The number of thioether (sulfide) groups is 1. The number of rotatable bonds is 5. The zero-order chi connectivity index (χ0) is 21.1. The number of carbonyl (C=O) groups is 4. The summed E-state index contributed by atoms with van der Waals surface area (Å²) in [7, 11) is 1.46. The quantitative estimate of drug-likeness (QED) is 0.719. The minimum atomic E-state index is -0.679. The van der Waals surface area contributed by atoms with Gasteiger partial charge in [0.25, 0.3) is 5.91 Å². The molecule has 9 heteroatoms. The van der Waals surface area contributed by atoms with Crippen LogP contribution in [-0.2, 0) is 19.1 Å². The molecule has 0 saturated carbocycles.